The van der Waals surface area contributed by atoms with E-state index in [1.807, 2.05) is 0 Å². The van der Waals surface area contributed by atoms with Crippen LogP contribution in [0.4, 0.5) is 32.0 Å². The van der Waals surface area contributed by atoms with E-state index in [9.17, 15) is 39.6 Å². The summed E-state index contributed by atoms with van der Waals surface area (Å²) in [7, 11) is -4.07. The van der Waals surface area contributed by atoms with E-state index in [2.05, 4.69) is 10.3 Å². The highest BCUT2D eigenvalue weighted by molar-refractivity contribution is 7.92. The zero-order chi connectivity index (χ0) is 23.2. The summed E-state index contributed by atoms with van der Waals surface area (Å²) in [4.78, 5) is 15.2. The SMILES string of the molecule is Cc1nc(C(F)(F)F)ccc1NC(=O)C1CC(S(=O)(=O)c2cccc(C(F)(F)F)c2)C1. The third kappa shape index (κ3) is 4.83. The molecule has 168 valence electrons. The van der Waals surface area contributed by atoms with Gasteiger partial charge in [-0.25, -0.2) is 13.4 Å². The van der Waals surface area contributed by atoms with Gasteiger partial charge >= 0.3 is 12.4 Å². The lowest BCUT2D eigenvalue weighted by molar-refractivity contribution is -0.141. The van der Waals surface area contributed by atoms with Gasteiger partial charge in [-0.1, -0.05) is 6.07 Å². The molecule has 0 unspecified atom stereocenters. The summed E-state index contributed by atoms with van der Waals surface area (Å²) in [5.41, 5.74) is -2.20. The van der Waals surface area contributed by atoms with Gasteiger partial charge in [-0.2, -0.15) is 26.3 Å². The fraction of sp³-hybridized carbons (Fsp3) is 0.368. The van der Waals surface area contributed by atoms with Crippen molar-refractivity contribution in [2.75, 3.05) is 5.32 Å². The van der Waals surface area contributed by atoms with Crippen molar-refractivity contribution < 1.29 is 39.6 Å². The lowest BCUT2D eigenvalue weighted by Gasteiger charge is -2.33. The van der Waals surface area contributed by atoms with Crippen LogP contribution in [0, 0.1) is 12.8 Å². The van der Waals surface area contributed by atoms with E-state index < -0.39 is 55.4 Å². The van der Waals surface area contributed by atoms with Gasteiger partial charge in [0.05, 0.1) is 27.1 Å². The smallest absolute Gasteiger partial charge is 0.324 e. The van der Waals surface area contributed by atoms with Gasteiger partial charge in [0.1, 0.15) is 5.69 Å². The highest BCUT2D eigenvalue weighted by Crippen LogP contribution is 2.39. The van der Waals surface area contributed by atoms with Crippen molar-refractivity contribution in [3.05, 3.63) is 53.3 Å². The molecule has 0 spiro atoms. The normalized spacial score (nSPS) is 19.6. The number of hydrogen-bond donors (Lipinski definition) is 1. The van der Waals surface area contributed by atoms with Crippen LogP contribution in [0.15, 0.2) is 41.3 Å². The summed E-state index contributed by atoms with van der Waals surface area (Å²) < 4.78 is 102. The molecule has 1 aromatic carbocycles. The zero-order valence-corrected chi connectivity index (χ0v) is 16.7. The van der Waals surface area contributed by atoms with E-state index in [1.165, 1.54) is 6.92 Å². The molecule has 0 bridgehead atoms. The number of nitrogens with zero attached hydrogens (tertiary/aromatic N) is 1. The maximum Gasteiger partial charge on any atom is 0.433 e. The number of halogens is 6. The van der Waals surface area contributed by atoms with Crippen molar-refractivity contribution >= 4 is 21.4 Å². The van der Waals surface area contributed by atoms with Crippen molar-refractivity contribution in [1.29, 1.82) is 0 Å². The van der Waals surface area contributed by atoms with Gasteiger partial charge in [0.25, 0.3) is 0 Å². The fourth-order valence-electron chi connectivity index (χ4n) is 3.16. The Labute approximate surface area is 173 Å². The lowest BCUT2D eigenvalue weighted by atomic mass is 9.84. The minimum absolute atomic E-state index is 0.0576. The molecule has 1 fully saturated rings. The quantitative estimate of drug-likeness (QED) is 0.668. The van der Waals surface area contributed by atoms with Crippen molar-refractivity contribution in [3.63, 3.8) is 0 Å². The average molecular weight is 466 g/mol. The van der Waals surface area contributed by atoms with Crippen LogP contribution in [0.2, 0.25) is 0 Å². The van der Waals surface area contributed by atoms with Crippen LogP contribution < -0.4 is 5.32 Å². The molecule has 1 N–H and O–H groups in total. The van der Waals surface area contributed by atoms with E-state index >= 15 is 0 Å². The Balaban J connectivity index is 1.66. The second-order valence-electron chi connectivity index (χ2n) is 7.18. The molecule has 1 amide bonds. The van der Waals surface area contributed by atoms with Crippen LogP contribution in [0.5, 0.6) is 0 Å². The fourth-order valence-corrected chi connectivity index (χ4v) is 5.08. The van der Waals surface area contributed by atoms with E-state index in [-0.39, 0.29) is 24.2 Å². The van der Waals surface area contributed by atoms with Crippen LogP contribution >= 0.6 is 0 Å². The number of nitrogens with one attached hydrogen (secondary N) is 1. The number of pyridine rings is 1. The van der Waals surface area contributed by atoms with E-state index in [1.54, 1.807) is 0 Å². The minimum Gasteiger partial charge on any atom is -0.324 e. The lowest BCUT2D eigenvalue weighted by Crippen LogP contribution is -2.42. The molecule has 1 aliphatic rings. The molecule has 31 heavy (non-hydrogen) atoms. The summed E-state index contributed by atoms with van der Waals surface area (Å²) in [6, 6.07) is 5.15. The number of benzene rings is 1. The highest BCUT2D eigenvalue weighted by atomic mass is 32.2. The molecule has 5 nitrogen and oxygen atoms in total. The molecule has 12 heteroatoms. The average Bonchev–Trinajstić information content (AvgIpc) is 2.60. The first-order valence-electron chi connectivity index (χ1n) is 8.96. The molecule has 1 aromatic heterocycles. The van der Waals surface area contributed by atoms with Gasteiger partial charge in [-0.05, 0) is 50.1 Å². The van der Waals surface area contributed by atoms with Crippen molar-refractivity contribution in [2.45, 2.75) is 42.3 Å². The summed E-state index contributed by atoms with van der Waals surface area (Å²) in [5.74, 6) is -1.34. The van der Waals surface area contributed by atoms with Gasteiger partial charge in [-0.3, -0.25) is 4.79 Å². The van der Waals surface area contributed by atoms with Gasteiger partial charge in [0, 0.05) is 5.92 Å². The largest absolute Gasteiger partial charge is 0.433 e. The number of carbonyl (C=O) groups is 1. The number of hydrogen-bond acceptors (Lipinski definition) is 4. The Bertz CT molecular complexity index is 1110. The number of anilines is 1. The Morgan fingerprint density at radius 3 is 2.23 bits per heavy atom. The predicted octanol–water partition coefficient (Wildman–Crippen LogP) is 4.62. The third-order valence-corrected chi connectivity index (χ3v) is 7.20. The van der Waals surface area contributed by atoms with Crippen molar-refractivity contribution in [3.8, 4) is 0 Å². The van der Waals surface area contributed by atoms with Crippen LogP contribution in [-0.4, -0.2) is 24.6 Å². The summed E-state index contributed by atoms with van der Waals surface area (Å²) in [6.07, 6.45) is -9.55. The second-order valence-corrected chi connectivity index (χ2v) is 9.41. The van der Waals surface area contributed by atoms with Crippen LogP contribution in [-0.2, 0) is 27.0 Å². The van der Waals surface area contributed by atoms with Crippen LogP contribution in [0.3, 0.4) is 0 Å². The predicted molar refractivity (Wildman–Crippen MR) is 97.7 cm³/mol. The minimum atomic E-state index is -4.69. The number of alkyl halides is 6. The Kier molecular flexibility index (Phi) is 5.80. The molecular formula is C19H16F6N2O3S. The molecule has 0 aliphatic heterocycles. The monoisotopic (exact) mass is 466 g/mol. The van der Waals surface area contributed by atoms with Gasteiger partial charge in [-0.15, -0.1) is 0 Å². The first-order chi connectivity index (χ1) is 14.2. The summed E-state index contributed by atoms with van der Waals surface area (Å²) in [5, 5.41) is 1.39. The molecule has 1 heterocycles. The van der Waals surface area contributed by atoms with Crippen molar-refractivity contribution in [2.24, 2.45) is 5.92 Å². The molecule has 0 atom stereocenters. The van der Waals surface area contributed by atoms with Gasteiger partial charge in [0.15, 0.2) is 9.84 Å². The number of aromatic nitrogens is 1. The molecule has 1 aliphatic carbocycles. The van der Waals surface area contributed by atoms with Crippen molar-refractivity contribution in [1.82, 2.24) is 4.98 Å². The molecule has 3 rings (SSSR count). The maximum atomic E-state index is 12.8. The second kappa shape index (κ2) is 7.81. The third-order valence-electron chi connectivity index (χ3n) is 5.03. The number of amides is 1. The first-order valence-corrected chi connectivity index (χ1v) is 10.5. The summed E-state index contributed by atoms with van der Waals surface area (Å²) in [6.45, 7) is 1.28. The van der Waals surface area contributed by atoms with Crippen LogP contribution in [0.25, 0.3) is 0 Å². The highest BCUT2D eigenvalue weighted by Gasteiger charge is 2.43. The van der Waals surface area contributed by atoms with E-state index in [0.717, 1.165) is 24.3 Å². The van der Waals surface area contributed by atoms with E-state index in [4.69, 9.17) is 0 Å². The standard InChI is InChI=1S/C19H16F6N2O3S/c1-10-15(5-6-16(26-10)19(23,24)25)27-17(28)11-7-14(8-11)31(29,30)13-4-2-3-12(9-13)18(20,21)22/h2-6,9,11,14H,7-8H2,1H3,(H,27,28). The van der Waals surface area contributed by atoms with E-state index in [0.29, 0.717) is 12.1 Å². The van der Waals surface area contributed by atoms with Crippen LogP contribution in [0.1, 0.15) is 29.8 Å². The zero-order valence-electron chi connectivity index (χ0n) is 15.9. The molecule has 1 saturated carbocycles. The molecule has 2 aromatic rings. The number of rotatable bonds is 4. The van der Waals surface area contributed by atoms with Gasteiger partial charge in [0.2, 0.25) is 5.91 Å². The Hall–Kier alpha value is -2.63. The topological polar surface area (TPSA) is 76.1 Å². The Morgan fingerprint density at radius 1 is 1.03 bits per heavy atom. The molecule has 0 saturated heterocycles. The number of aryl methyl sites for hydroxylation is 1. The maximum absolute atomic E-state index is 12.8. The Morgan fingerprint density at radius 2 is 1.68 bits per heavy atom. The summed E-state index contributed by atoms with van der Waals surface area (Å²) >= 11 is 0. The number of carbonyl (C=O) groups excluding carboxylic acids is 1. The first kappa shape index (κ1) is 23.0. The molecule has 0 radical (unpaired) electrons. The van der Waals surface area contributed by atoms with Gasteiger partial charge < -0.3 is 5.32 Å². The number of sulfone groups is 1. The molecular weight excluding hydrogens is 450 g/mol.